The molecule has 1 aromatic heterocycles. The number of aromatic nitrogens is 2. The topological polar surface area (TPSA) is 85.0 Å². The zero-order valence-corrected chi connectivity index (χ0v) is 19.3. The molecule has 3 aromatic rings. The standard InChI is InChI=1S/C26H35N5O/c1-26(2,3)24(29-16-10-15-28-23(32)17-27)25-30-22(21-13-8-5-9-14-21)19-31(25)18-20-11-6-4-7-12-20/h4-9,11-14,19,24,29H,10,15-18,27H2,1-3H3,(H,28,32)/t24-/m0/s1. The second-order valence-electron chi connectivity index (χ2n) is 9.12. The third-order valence-electron chi connectivity index (χ3n) is 5.41. The third-order valence-corrected chi connectivity index (χ3v) is 5.41. The Hall–Kier alpha value is -2.96. The van der Waals surface area contributed by atoms with Crippen molar-refractivity contribution < 1.29 is 4.79 Å². The van der Waals surface area contributed by atoms with Gasteiger partial charge in [0.2, 0.25) is 5.91 Å². The second-order valence-corrected chi connectivity index (χ2v) is 9.12. The van der Waals surface area contributed by atoms with Crippen LogP contribution in [0.2, 0.25) is 0 Å². The number of imidazole rings is 1. The minimum atomic E-state index is -0.122. The van der Waals surface area contributed by atoms with Gasteiger partial charge in [-0.25, -0.2) is 4.98 Å². The zero-order valence-electron chi connectivity index (χ0n) is 19.3. The van der Waals surface area contributed by atoms with Crippen molar-refractivity contribution in [3.63, 3.8) is 0 Å². The summed E-state index contributed by atoms with van der Waals surface area (Å²) >= 11 is 0. The highest BCUT2D eigenvalue weighted by atomic mass is 16.1. The summed E-state index contributed by atoms with van der Waals surface area (Å²) in [6.45, 7) is 8.84. The molecule has 0 fully saturated rings. The van der Waals surface area contributed by atoms with Crippen molar-refractivity contribution in [1.29, 1.82) is 0 Å². The van der Waals surface area contributed by atoms with E-state index in [9.17, 15) is 4.79 Å². The first-order chi connectivity index (χ1) is 15.4. The van der Waals surface area contributed by atoms with Crippen LogP contribution in [0.1, 0.15) is 44.6 Å². The molecule has 0 spiro atoms. The number of hydrogen-bond acceptors (Lipinski definition) is 4. The van der Waals surface area contributed by atoms with Crippen LogP contribution in [0, 0.1) is 5.41 Å². The Morgan fingerprint density at radius 1 is 1.03 bits per heavy atom. The summed E-state index contributed by atoms with van der Waals surface area (Å²) < 4.78 is 2.26. The number of carbonyl (C=O) groups is 1. The molecule has 0 aliphatic rings. The van der Waals surface area contributed by atoms with Crippen molar-refractivity contribution in [2.24, 2.45) is 11.1 Å². The van der Waals surface area contributed by atoms with Gasteiger partial charge in [0.1, 0.15) is 5.82 Å². The summed E-state index contributed by atoms with van der Waals surface area (Å²) in [4.78, 5) is 16.5. The number of nitrogens with zero attached hydrogens (tertiary/aromatic N) is 2. The Labute approximate surface area is 191 Å². The lowest BCUT2D eigenvalue weighted by Gasteiger charge is -2.32. The molecule has 0 bridgehead atoms. The Morgan fingerprint density at radius 3 is 2.31 bits per heavy atom. The SMILES string of the molecule is CC(C)(C)[C@@H](NCCCNC(=O)CN)c1nc(-c2ccccc2)cn1Cc1ccccc1. The molecule has 0 unspecified atom stereocenters. The van der Waals surface area contributed by atoms with Gasteiger partial charge in [-0.05, 0) is 23.9 Å². The molecule has 6 nitrogen and oxygen atoms in total. The van der Waals surface area contributed by atoms with Gasteiger partial charge in [-0.3, -0.25) is 4.79 Å². The first-order valence-electron chi connectivity index (χ1n) is 11.2. The van der Waals surface area contributed by atoms with E-state index in [1.54, 1.807) is 0 Å². The quantitative estimate of drug-likeness (QED) is 0.425. The molecule has 1 amide bonds. The predicted octanol–water partition coefficient (Wildman–Crippen LogP) is 3.74. The van der Waals surface area contributed by atoms with E-state index in [4.69, 9.17) is 10.7 Å². The molecule has 4 N–H and O–H groups in total. The monoisotopic (exact) mass is 433 g/mol. The normalized spacial score (nSPS) is 12.5. The summed E-state index contributed by atoms with van der Waals surface area (Å²) in [6, 6.07) is 20.8. The van der Waals surface area contributed by atoms with Crippen LogP contribution in [0.15, 0.2) is 66.9 Å². The van der Waals surface area contributed by atoms with E-state index in [0.717, 1.165) is 36.6 Å². The summed E-state index contributed by atoms with van der Waals surface area (Å²) in [7, 11) is 0. The molecule has 6 heteroatoms. The molecule has 0 aliphatic carbocycles. The van der Waals surface area contributed by atoms with Crippen LogP contribution in [-0.4, -0.2) is 35.1 Å². The highest BCUT2D eigenvalue weighted by molar-refractivity contribution is 5.77. The summed E-state index contributed by atoms with van der Waals surface area (Å²) in [6.07, 6.45) is 2.98. The molecule has 0 saturated heterocycles. The fourth-order valence-corrected chi connectivity index (χ4v) is 3.73. The molecule has 0 saturated carbocycles. The van der Waals surface area contributed by atoms with Crippen LogP contribution in [0.4, 0.5) is 0 Å². The highest BCUT2D eigenvalue weighted by Gasteiger charge is 2.30. The minimum Gasteiger partial charge on any atom is -0.355 e. The molecular weight excluding hydrogens is 398 g/mol. The summed E-state index contributed by atoms with van der Waals surface area (Å²) in [5.41, 5.74) is 8.63. The van der Waals surface area contributed by atoms with Gasteiger partial charge in [0.05, 0.1) is 18.3 Å². The van der Waals surface area contributed by atoms with E-state index < -0.39 is 0 Å². The maximum Gasteiger partial charge on any atom is 0.233 e. The smallest absolute Gasteiger partial charge is 0.233 e. The molecule has 170 valence electrons. The average molecular weight is 434 g/mol. The predicted molar refractivity (Wildman–Crippen MR) is 130 cm³/mol. The van der Waals surface area contributed by atoms with Crippen molar-refractivity contribution >= 4 is 5.91 Å². The van der Waals surface area contributed by atoms with E-state index in [0.29, 0.717) is 6.54 Å². The molecule has 2 aromatic carbocycles. The number of nitrogens with two attached hydrogens (primary N) is 1. The summed E-state index contributed by atoms with van der Waals surface area (Å²) in [5.74, 6) is 0.898. The van der Waals surface area contributed by atoms with Gasteiger partial charge in [-0.15, -0.1) is 0 Å². The van der Waals surface area contributed by atoms with Crippen molar-refractivity contribution in [1.82, 2.24) is 20.2 Å². The minimum absolute atomic E-state index is 0.0250. The van der Waals surface area contributed by atoms with E-state index >= 15 is 0 Å². The number of amides is 1. The maximum absolute atomic E-state index is 11.4. The Bertz CT molecular complexity index is 976. The molecule has 3 rings (SSSR count). The number of rotatable bonds is 10. The molecule has 32 heavy (non-hydrogen) atoms. The van der Waals surface area contributed by atoms with E-state index in [1.807, 2.05) is 24.3 Å². The van der Waals surface area contributed by atoms with Crippen molar-refractivity contribution in [2.75, 3.05) is 19.6 Å². The van der Waals surface area contributed by atoms with E-state index in [2.05, 4.69) is 78.6 Å². The van der Waals surface area contributed by atoms with Crippen LogP contribution >= 0.6 is 0 Å². The van der Waals surface area contributed by atoms with Gasteiger partial charge in [-0.2, -0.15) is 0 Å². The fraction of sp³-hybridized carbons (Fsp3) is 0.385. The van der Waals surface area contributed by atoms with Crippen molar-refractivity contribution in [3.8, 4) is 11.3 Å². The number of benzene rings is 2. The third kappa shape index (κ3) is 6.52. The van der Waals surface area contributed by atoms with Gasteiger partial charge in [0, 0.05) is 24.8 Å². The molecule has 1 atom stereocenters. The van der Waals surface area contributed by atoms with Crippen LogP contribution in [0.3, 0.4) is 0 Å². The highest BCUT2D eigenvalue weighted by Crippen LogP contribution is 2.34. The lowest BCUT2D eigenvalue weighted by Crippen LogP contribution is -2.37. The van der Waals surface area contributed by atoms with Crippen LogP contribution < -0.4 is 16.4 Å². The van der Waals surface area contributed by atoms with Crippen LogP contribution in [-0.2, 0) is 11.3 Å². The van der Waals surface area contributed by atoms with E-state index in [1.165, 1.54) is 5.56 Å². The van der Waals surface area contributed by atoms with Gasteiger partial charge in [0.15, 0.2) is 0 Å². The van der Waals surface area contributed by atoms with Gasteiger partial charge in [0.25, 0.3) is 0 Å². The van der Waals surface area contributed by atoms with Gasteiger partial charge < -0.3 is 20.9 Å². The largest absolute Gasteiger partial charge is 0.355 e. The summed E-state index contributed by atoms with van der Waals surface area (Å²) in [5, 5.41) is 6.52. The maximum atomic E-state index is 11.4. The average Bonchev–Trinajstić information content (AvgIpc) is 3.19. The number of nitrogens with one attached hydrogen (secondary N) is 2. The lowest BCUT2D eigenvalue weighted by molar-refractivity contribution is -0.119. The number of carbonyl (C=O) groups excluding carboxylic acids is 1. The zero-order chi connectivity index (χ0) is 23.0. The van der Waals surface area contributed by atoms with E-state index in [-0.39, 0.29) is 23.9 Å². The Morgan fingerprint density at radius 2 is 1.69 bits per heavy atom. The van der Waals surface area contributed by atoms with Crippen LogP contribution in [0.25, 0.3) is 11.3 Å². The Kier molecular flexibility index (Phi) is 8.20. The van der Waals surface area contributed by atoms with Crippen molar-refractivity contribution in [2.45, 2.75) is 39.8 Å². The Balaban J connectivity index is 1.86. The lowest BCUT2D eigenvalue weighted by atomic mass is 9.86. The first-order valence-corrected chi connectivity index (χ1v) is 11.2. The fourth-order valence-electron chi connectivity index (χ4n) is 3.73. The van der Waals surface area contributed by atoms with Crippen LogP contribution in [0.5, 0.6) is 0 Å². The van der Waals surface area contributed by atoms with Gasteiger partial charge in [-0.1, -0.05) is 81.4 Å². The second kappa shape index (κ2) is 11.1. The molecular formula is C26H35N5O. The molecule has 0 aliphatic heterocycles. The van der Waals surface area contributed by atoms with Crippen molar-refractivity contribution in [3.05, 3.63) is 78.2 Å². The number of hydrogen-bond donors (Lipinski definition) is 3. The van der Waals surface area contributed by atoms with Gasteiger partial charge >= 0.3 is 0 Å². The first kappa shape index (κ1) is 23.7. The molecule has 0 radical (unpaired) electrons. The molecule has 1 heterocycles.